The van der Waals surface area contributed by atoms with Gasteiger partial charge in [0, 0.05) is 36.3 Å². The minimum atomic E-state index is -0.395. The van der Waals surface area contributed by atoms with Gasteiger partial charge in [-0.15, -0.1) is 0 Å². The lowest BCUT2D eigenvalue weighted by Crippen LogP contribution is -2.34. The molecule has 82 valence electrons. The molecule has 0 radical (unpaired) electrons. The van der Waals surface area contributed by atoms with E-state index >= 15 is 0 Å². The molecule has 2 rings (SSSR count). The Balaban J connectivity index is 2.37. The topological polar surface area (TPSA) is 75.1 Å². The van der Waals surface area contributed by atoms with Crippen LogP contribution in [0.4, 0.5) is 0 Å². The van der Waals surface area contributed by atoms with Gasteiger partial charge in [0.15, 0.2) is 0 Å². The highest BCUT2D eigenvalue weighted by molar-refractivity contribution is 7.99. The van der Waals surface area contributed by atoms with Crippen LogP contribution in [0.2, 0.25) is 0 Å². The molecule has 0 amide bonds. The van der Waals surface area contributed by atoms with Crippen LogP contribution >= 0.6 is 11.8 Å². The predicted molar refractivity (Wildman–Crippen MR) is 58.3 cm³/mol. The summed E-state index contributed by atoms with van der Waals surface area (Å²) in [5.41, 5.74) is -0.782. The van der Waals surface area contributed by atoms with Crippen LogP contribution in [0.5, 0.6) is 0 Å². The zero-order chi connectivity index (χ0) is 10.8. The first-order valence-corrected chi connectivity index (χ1v) is 5.88. The van der Waals surface area contributed by atoms with Crippen molar-refractivity contribution in [2.45, 2.75) is 6.04 Å². The summed E-state index contributed by atoms with van der Waals surface area (Å²) in [4.78, 5) is 24.6. The molecule has 0 bridgehead atoms. The number of H-pyrrole nitrogens is 1. The summed E-state index contributed by atoms with van der Waals surface area (Å²) in [6, 6.07) is 1.32. The lowest BCUT2D eigenvalue weighted by atomic mass is 10.1. The SMILES string of the molecule is O=c1ccn([C@H]2CSC[C@H]2CO)c(=O)[nH]1. The van der Waals surface area contributed by atoms with Gasteiger partial charge in [-0.05, 0) is 0 Å². The summed E-state index contributed by atoms with van der Waals surface area (Å²) in [7, 11) is 0. The van der Waals surface area contributed by atoms with Gasteiger partial charge in [-0.3, -0.25) is 14.3 Å². The van der Waals surface area contributed by atoms with Crippen LogP contribution in [-0.4, -0.2) is 32.8 Å². The fourth-order valence-electron chi connectivity index (χ4n) is 1.76. The van der Waals surface area contributed by atoms with Gasteiger partial charge in [0.1, 0.15) is 0 Å². The number of rotatable bonds is 2. The van der Waals surface area contributed by atoms with Crippen molar-refractivity contribution in [3.05, 3.63) is 33.1 Å². The number of aliphatic hydroxyl groups excluding tert-OH is 1. The van der Waals surface area contributed by atoms with Gasteiger partial charge in [-0.1, -0.05) is 0 Å². The molecule has 2 atom stereocenters. The second-order valence-electron chi connectivity index (χ2n) is 3.56. The minimum absolute atomic E-state index is 0.00986. The maximum Gasteiger partial charge on any atom is 0.328 e. The Morgan fingerprint density at radius 3 is 3.00 bits per heavy atom. The summed E-state index contributed by atoms with van der Waals surface area (Å²) in [6.07, 6.45) is 1.50. The van der Waals surface area contributed by atoms with Crippen molar-refractivity contribution in [1.29, 1.82) is 0 Å². The van der Waals surface area contributed by atoms with Crippen molar-refractivity contribution in [3.8, 4) is 0 Å². The van der Waals surface area contributed by atoms with E-state index in [1.165, 1.54) is 16.8 Å². The second kappa shape index (κ2) is 4.24. The molecule has 1 fully saturated rings. The molecule has 1 aromatic rings. The van der Waals surface area contributed by atoms with Gasteiger partial charge in [0.2, 0.25) is 0 Å². The molecule has 15 heavy (non-hydrogen) atoms. The van der Waals surface area contributed by atoms with Crippen LogP contribution in [0.25, 0.3) is 0 Å². The molecule has 6 heteroatoms. The Morgan fingerprint density at radius 1 is 1.53 bits per heavy atom. The van der Waals surface area contributed by atoms with E-state index in [2.05, 4.69) is 4.98 Å². The summed E-state index contributed by atoms with van der Waals surface area (Å²) in [5, 5.41) is 9.14. The third-order valence-electron chi connectivity index (χ3n) is 2.61. The molecule has 1 aliphatic rings. The molecule has 0 aliphatic carbocycles. The molecule has 0 unspecified atom stereocenters. The monoisotopic (exact) mass is 228 g/mol. The highest BCUT2D eigenvalue weighted by Gasteiger charge is 2.29. The quantitative estimate of drug-likeness (QED) is 0.711. The van der Waals surface area contributed by atoms with E-state index in [-0.39, 0.29) is 24.1 Å². The number of aromatic amines is 1. The molecule has 2 heterocycles. The smallest absolute Gasteiger partial charge is 0.328 e. The number of nitrogens with one attached hydrogen (secondary N) is 1. The Labute approximate surface area is 90.1 Å². The lowest BCUT2D eigenvalue weighted by Gasteiger charge is -2.18. The fourth-order valence-corrected chi connectivity index (χ4v) is 3.20. The highest BCUT2D eigenvalue weighted by atomic mass is 32.2. The van der Waals surface area contributed by atoms with Crippen LogP contribution in [0.3, 0.4) is 0 Å². The average molecular weight is 228 g/mol. The molecular formula is C9H12N2O3S. The molecule has 1 aromatic heterocycles. The molecule has 0 aromatic carbocycles. The van der Waals surface area contributed by atoms with Gasteiger partial charge in [-0.2, -0.15) is 11.8 Å². The summed E-state index contributed by atoms with van der Waals surface area (Å²) >= 11 is 1.71. The molecule has 2 N–H and O–H groups in total. The zero-order valence-corrected chi connectivity index (χ0v) is 8.87. The van der Waals surface area contributed by atoms with Crippen molar-refractivity contribution >= 4 is 11.8 Å². The number of aliphatic hydroxyl groups is 1. The first-order valence-electron chi connectivity index (χ1n) is 4.72. The first kappa shape index (κ1) is 10.5. The predicted octanol–water partition coefficient (Wildman–Crippen LogP) is -0.567. The number of hydrogen-bond donors (Lipinski definition) is 2. The van der Waals surface area contributed by atoms with E-state index in [4.69, 9.17) is 5.11 Å². The van der Waals surface area contributed by atoms with Crippen LogP contribution in [-0.2, 0) is 0 Å². The number of thioether (sulfide) groups is 1. The van der Waals surface area contributed by atoms with Gasteiger partial charge in [0.05, 0.1) is 6.04 Å². The third-order valence-corrected chi connectivity index (χ3v) is 3.85. The molecule has 5 nitrogen and oxygen atoms in total. The van der Waals surface area contributed by atoms with Gasteiger partial charge >= 0.3 is 5.69 Å². The Bertz CT molecular complexity index is 453. The largest absolute Gasteiger partial charge is 0.396 e. The normalized spacial score (nSPS) is 25.7. The van der Waals surface area contributed by atoms with Crippen molar-refractivity contribution in [1.82, 2.24) is 9.55 Å². The third kappa shape index (κ3) is 2.00. The van der Waals surface area contributed by atoms with Crippen molar-refractivity contribution in [3.63, 3.8) is 0 Å². The summed E-state index contributed by atoms with van der Waals surface area (Å²) in [6.45, 7) is 0.0727. The van der Waals surface area contributed by atoms with Crippen LogP contribution in [0.1, 0.15) is 6.04 Å². The first-order chi connectivity index (χ1) is 7.22. The maximum absolute atomic E-state index is 11.5. The minimum Gasteiger partial charge on any atom is -0.396 e. The molecule has 1 aliphatic heterocycles. The van der Waals surface area contributed by atoms with Crippen LogP contribution in [0, 0.1) is 5.92 Å². The van der Waals surface area contributed by atoms with E-state index in [0.717, 1.165) is 11.5 Å². The number of aromatic nitrogens is 2. The lowest BCUT2D eigenvalue weighted by molar-refractivity contribution is 0.205. The summed E-state index contributed by atoms with van der Waals surface area (Å²) in [5.74, 6) is 1.75. The zero-order valence-electron chi connectivity index (χ0n) is 8.05. The number of nitrogens with zero attached hydrogens (tertiary/aromatic N) is 1. The van der Waals surface area contributed by atoms with E-state index in [1.807, 2.05) is 0 Å². The second-order valence-corrected chi connectivity index (χ2v) is 4.64. The van der Waals surface area contributed by atoms with E-state index < -0.39 is 5.69 Å². The molecule has 0 saturated carbocycles. The molecular weight excluding hydrogens is 216 g/mol. The van der Waals surface area contributed by atoms with Crippen molar-refractivity contribution in [2.24, 2.45) is 5.92 Å². The van der Waals surface area contributed by atoms with E-state index in [1.54, 1.807) is 11.8 Å². The number of hydrogen-bond acceptors (Lipinski definition) is 4. The van der Waals surface area contributed by atoms with Gasteiger partial charge in [-0.25, -0.2) is 4.79 Å². The molecule has 1 saturated heterocycles. The Kier molecular flexibility index (Phi) is 2.97. The fraction of sp³-hybridized carbons (Fsp3) is 0.556. The van der Waals surface area contributed by atoms with Crippen LogP contribution < -0.4 is 11.2 Å². The van der Waals surface area contributed by atoms with Gasteiger partial charge in [0.25, 0.3) is 5.56 Å². The van der Waals surface area contributed by atoms with E-state index in [9.17, 15) is 9.59 Å². The highest BCUT2D eigenvalue weighted by Crippen LogP contribution is 2.32. The average Bonchev–Trinajstić information content (AvgIpc) is 2.65. The summed E-state index contributed by atoms with van der Waals surface area (Å²) < 4.78 is 1.50. The standard InChI is InChI=1S/C9H12N2O3S/c12-3-6-4-15-5-7(6)11-2-1-8(13)10-9(11)14/h1-2,6-7,12H,3-5H2,(H,10,13,14)/t6-,7+/m1/s1. The van der Waals surface area contributed by atoms with Crippen LogP contribution in [0.15, 0.2) is 21.9 Å². The van der Waals surface area contributed by atoms with Crippen molar-refractivity contribution < 1.29 is 5.11 Å². The Hall–Kier alpha value is -1.01. The Morgan fingerprint density at radius 2 is 2.33 bits per heavy atom. The molecule has 0 spiro atoms. The van der Waals surface area contributed by atoms with Gasteiger partial charge < -0.3 is 5.11 Å². The van der Waals surface area contributed by atoms with Crippen molar-refractivity contribution in [2.75, 3.05) is 18.1 Å². The maximum atomic E-state index is 11.5. The van der Waals surface area contributed by atoms with E-state index in [0.29, 0.717) is 0 Å².